The molecule has 100 valence electrons. The molecule has 20 heavy (non-hydrogen) atoms. The van der Waals surface area contributed by atoms with E-state index in [0.29, 0.717) is 29.1 Å². The van der Waals surface area contributed by atoms with Crippen molar-refractivity contribution in [3.8, 4) is 17.1 Å². The smallest absolute Gasteiger partial charge is 0.193 e. The van der Waals surface area contributed by atoms with Gasteiger partial charge in [-0.15, -0.1) is 0 Å². The largest absolute Gasteiger partial charge is 0.494 e. The lowest BCUT2D eigenvalue weighted by atomic mass is 10.1. The number of benzene rings is 2. The molecule has 0 saturated heterocycles. The van der Waals surface area contributed by atoms with Crippen LogP contribution < -0.4 is 10.2 Å². The summed E-state index contributed by atoms with van der Waals surface area (Å²) in [4.78, 5) is 12.1. The summed E-state index contributed by atoms with van der Waals surface area (Å²) in [5, 5.41) is 0.563. The molecule has 0 aliphatic carbocycles. The van der Waals surface area contributed by atoms with E-state index < -0.39 is 0 Å². The van der Waals surface area contributed by atoms with Crippen molar-refractivity contribution in [2.24, 2.45) is 0 Å². The fourth-order valence-electron chi connectivity index (χ4n) is 2.14. The third-order valence-corrected chi connectivity index (χ3v) is 3.07. The highest BCUT2D eigenvalue weighted by Gasteiger charge is 2.07. The third-order valence-electron chi connectivity index (χ3n) is 3.07. The Labute approximate surface area is 116 Å². The Balaban J connectivity index is 2.19. The molecule has 1 aromatic heterocycles. The van der Waals surface area contributed by atoms with E-state index in [2.05, 4.69) is 0 Å². The SMILES string of the molecule is CCOc1ccc2c(=O)cc(-c3ccccc3)oc2c1. The van der Waals surface area contributed by atoms with Gasteiger partial charge in [0.15, 0.2) is 5.43 Å². The molecule has 3 nitrogen and oxygen atoms in total. The molecular formula is C17H14O3. The molecule has 0 bridgehead atoms. The first-order chi connectivity index (χ1) is 9.78. The lowest BCUT2D eigenvalue weighted by molar-refractivity contribution is 0.340. The summed E-state index contributed by atoms with van der Waals surface area (Å²) >= 11 is 0. The van der Waals surface area contributed by atoms with E-state index in [1.54, 1.807) is 18.2 Å². The first kappa shape index (κ1) is 12.5. The van der Waals surface area contributed by atoms with Crippen molar-refractivity contribution < 1.29 is 9.15 Å². The van der Waals surface area contributed by atoms with Gasteiger partial charge >= 0.3 is 0 Å². The van der Waals surface area contributed by atoms with Crippen LogP contribution in [0.25, 0.3) is 22.3 Å². The molecule has 3 heteroatoms. The molecule has 3 aromatic rings. The van der Waals surface area contributed by atoms with Crippen molar-refractivity contribution in [2.75, 3.05) is 6.61 Å². The second kappa shape index (κ2) is 5.21. The summed E-state index contributed by atoms with van der Waals surface area (Å²) in [6.45, 7) is 2.49. The van der Waals surface area contributed by atoms with Crippen molar-refractivity contribution in [3.05, 3.63) is 64.8 Å². The fraction of sp³-hybridized carbons (Fsp3) is 0.118. The van der Waals surface area contributed by atoms with Crippen LogP contribution >= 0.6 is 0 Å². The van der Waals surface area contributed by atoms with Crippen LogP contribution in [0.4, 0.5) is 0 Å². The predicted octanol–water partition coefficient (Wildman–Crippen LogP) is 3.86. The van der Waals surface area contributed by atoms with Crippen molar-refractivity contribution >= 4 is 11.0 Å². The van der Waals surface area contributed by atoms with E-state index in [9.17, 15) is 4.79 Å². The Hall–Kier alpha value is -2.55. The predicted molar refractivity (Wildman–Crippen MR) is 79.1 cm³/mol. The van der Waals surface area contributed by atoms with Crippen LogP contribution in [0.1, 0.15) is 6.92 Å². The lowest BCUT2D eigenvalue weighted by Crippen LogP contribution is -2.01. The summed E-state index contributed by atoms with van der Waals surface area (Å²) in [5.41, 5.74) is 1.38. The number of hydrogen-bond donors (Lipinski definition) is 0. The van der Waals surface area contributed by atoms with Crippen LogP contribution in [-0.4, -0.2) is 6.61 Å². The Morgan fingerprint density at radius 1 is 1.05 bits per heavy atom. The molecule has 0 spiro atoms. The summed E-state index contributed by atoms with van der Waals surface area (Å²) in [5.74, 6) is 1.27. The molecular weight excluding hydrogens is 252 g/mol. The fourth-order valence-corrected chi connectivity index (χ4v) is 2.14. The zero-order valence-corrected chi connectivity index (χ0v) is 11.1. The van der Waals surface area contributed by atoms with E-state index in [1.807, 2.05) is 37.3 Å². The second-order valence-corrected chi connectivity index (χ2v) is 4.43. The minimum absolute atomic E-state index is 0.0480. The van der Waals surface area contributed by atoms with Crippen molar-refractivity contribution in [3.63, 3.8) is 0 Å². The van der Waals surface area contributed by atoms with Gasteiger partial charge in [-0.2, -0.15) is 0 Å². The van der Waals surface area contributed by atoms with Gasteiger partial charge in [0.25, 0.3) is 0 Å². The van der Waals surface area contributed by atoms with E-state index in [-0.39, 0.29) is 5.43 Å². The van der Waals surface area contributed by atoms with E-state index in [0.717, 1.165) is 5.56 Å². The topological polar surface area (TPSA) is 39.4 Å². The van der Waals surface area contributed by atoms with Gasteiger partial charge in [-0.3, -0.25) is 4.79 Å². The second-order valence-electron chi connectivity index (χ2n) is 4.43. The van der Waals surface area contributed by atoms with E-state index in [4.69, 9.17) is 9.15 Å². The Morgan fingerprint density at radius 3 is 2.60 bits per heavy atom. The molecule has 3 rings (SSSR count). The van der Waals surface area contributed by atoms with Gasteiger partial charge in [0.2, 0.25) is 0 Å². The normalized spacial score (nSPS) is 10.7. The van der Waals surface area contributed by atoms with Crippen LogP contribution in [0.2, 0.25) is 0 Å². The summed E-state index contributed by atoms with van der Waals surface area (Å²) < 4.78 is 11.3. The summed E-state index contributed by atoms with van der Waals surface area (Å²) in [7, 11) is 0. The first-order valence-corrected chi connectivity index (χ1v) is 6.54. The average molecular weight is 266 g/mol. The molecule has 0 unspecified atom stereocenters. The van der Waals surface area contributed by atoms with Crippen molar-refractivity contribution in [1.29, 1.82) is 0 Å². The van der Waals surface area contributed by atoms with Crippen molar-refractivity contribution in [2.45, 2.75) is 6.92 Å². The maximum atomic E-state index is 12.1. The van der Waals surface area contributed by atoms with Gasteiger partial charge in [0.05, 0.1) is 12.0 Å². The molecule has 0 aliphatic heterocycles. The third kappa shape index (κ3) is 2.30. The minimum atomic E-state index is -0.0480. The van der Waals surface area contributed by atoms with Crippen LogP contribution in [0.15, 0.2) is 63.8 Å². The lowest BCUT2D eigenvalue weighted by Gasteiger charge is -2.06. The van der Waals surface area contributed by atoms with E-state index >= 15 is 0 Å². The molecule has 0 fully saturated rings. The molecule has 0 atom stereocenters. The number of fused-ring (bicyclic) bond motifs is 1. The van der Waals surface area contributed by atoms with Crippen LogP contribution in [0.3, 0.4) is 0 Å². The van der Waals surface area contributed by atoms with Gasteiger partial charge in [0.1, 0.15) is 17.1 Å². The molecule has 1 heterocycles. The molecule has 0 aliphatic rings. The molecule has 0 radical (unpaired) electrons. The Morgan fingerprint density at radius 2 is 1.85 bits per heavy atom. The van der Waals surface area contributed by atoms with Gasteiger partial charge in [-0.05, 0) is 19.1 Å². The van der Waals surface area contributed by atoms with Gasteiger partial charge in [0, 0.05) is 17.7 Å². The maximum Gasteiger partial charge on any atom is 0.193 e. The molecule has 0 amide bonds. The molecule has 2 aromatic carbocycles. The van der Waals surface area contributed by atoms with Gasteiger partial charge in [-0.1, -0.05) is 30.3 Å². The maximum absolute atomic E-state index is 12.1. The first-order valence-electron chi connectivity index (χ1n) is 6.54. The standard InChI is InChI=1S/C17H14O3/c1-2-19-13-8-9-14-15(18)11-16(20-17(14)10-13)12-6-4-3-5-7-12/h3-11H,2H2,1H3. The Kier molecular flexibility index (Phi) is 3.25. The molecule has 0 saturated carbocycles. The number of rotatable bonds is 3. The number of ether oxygens (including phenoxy) is 1. The van der Waals surface area contributed by atoms with E-state index in [1.165, 1.54) is 6.07 Å². The minimum Gasteiger partial charge on any atom is -0.494 e. The van der Waals surface area contributed by atoms with Crippen LogP contribution in [0, 0.1) is 0 Å². The van der Waals surface area contributed by atoms with Crippen LogP contribution in [-0.2, 0) is 0 Å². The zero-order chi connectivity index (χ0) is 13.9. The summed E-state index contributed by atoms with van der Waals surface area (Å²) in [6.07, 6.45) is 0. The molecule has 0 N–H and O–H groups in total. The van der Waals surface area contributed by atoms with Crippen molar-refractivity contribution in [1.82, 2.24) is 0 Å². The highest BCUT2D eigenvalue weighted by Crippen LogP contribution is 2.24. The van der Waals surface area contributed by atoms with Gasteiger partial charge in [-0.25, -0.2) is 0 Å². The highest BCUT2D eigenvalue weighted by atomic mass is 16.5. The monoisotopic (exact) mass is 266 g/mol. The highest BCUT2D eigenvalue weighted by molar-refractivity contribution is 5.80. The Bertz CT molecular complexity index is 788. The summed E-state index contributed by atoms with van der Waals surface area (Å²) in [6, 6.07) is 16.4. The zero-order valence-electron chi connectivity index (χ0n) is 11.1. The van der Waals surface area contributed by atoms with Crippen LogP contribution in [0.5, 0.6) is 5.75 Å². The number of hydrogen-bond acceptors (Lipinski definition) is 3. The quantitative estimate of drug-likeness (QED) is 0.722. The average Bonchev–Trinajstić information content (AvgIpc) is 2.48. The van der Waals surface area contributed by atoms with Gasteiger partial charge < -0.3 is 9.15 Å².